The predicted molar refractivity (Wildman–Crippen MR) is 35.5 cm³/mol. The molecule has 1 unspecified atom stereocenters. The van der Waals surface area contributed by atoms with Gasteiger partial charge in [-0.05, 0) is 19.8 Å². The molecule has 2 heterocycles. The molecule has 2 rings (SSSR count). The van der Waals surface area contributed by atoms with Crippen LogP contribution in [0, 0.1) is 0 Å². The van der Waals surface area contributed by atoms with Gasteiger partial charge in [-0.25, -0.2) is 0 Å². The first-order valence-electron chi connectivity index (χ1n) is 3.59. The van der Waals surface area contributed by atoms with Crippen molar-refractivity contribution in [3.05, 3.63) is 0 Å². The molecule has 1 atom stereocenters. The summed E-state index contributed by atoms with van der Waals surface area (Å²) in [7, 11) is 0. The van der Waals surface area contributed by atoms with E-state index in [1.807, 2.05) is 0 Å². The lowest BCUT2D eigenvalue weighted by Gasteiger charge is -1.76. The first-order chi connectivity index (χ1) is 4.39. The fourth-order valence-corrected chi connectivity index (χ4v) is 0.607. The van der Waals surface area contributed by atoms with Gasteiger partial charge in [0.2, 0.25) is 0 Å². The van der Waals surface area contributed by atoms with E-state index in [0.717, 1.165) is 19.8 Å². The second-order valence-electron chi connectivity index (χ2n) is 2.46. The third-order valence-corrected chi connectivity index (χ3v) is 1.33. The number of epoxide rings is 1. The van der Waals surface area contributed by atoms with E-state index in [4.69, 9.17) is 9.47 Å². The van der Waals surface area contributed by atoms with Crippen LogP contribution in [0.4, 0.5) is 0 Å². The van der Waals surface area contributed by atoms with E-state index >= 15 is 0 Å². The van der Waals surface area contributed by atoms with E-state index in [1.165, 1.54) is 12.8 Å². The van der Waals surface area contributed by atoms with Gasteiger partial charge in [0.1, 0.15) is 0 Å². The fourth-order valence-electron chi connectivity index (χ4n) is 0.607. The minimum Gasteiger partial charge on any atom is -0.381 e. The van der Waals surface area contributed by atoms with Crippen LogP contribution >= 0.6 is 0 Å². The van der Waals surface area contributed by atoms with Gasteiger partial charge in [-0.15, -0.1) is 0 Å². The molecule has 0 aliphatic carbocycles. The first-order valence-corrected chi connectivity index (χ1v) is 3.59. The SMILES string of the molecule is C1CCOC1.CC1CO1. The van der Waals surface area contributed by atoms with Gasteiger partial charge < -0.3 is 9.47 Å². The highest BCUT2D eigenvalue weighted by Gasteiger charge is 2.13. The Morgan fingerprint density at radius 1 is 1.22 bits per heavy atom. The Kier molecular flexibility index (Phi) is 3.01. The Bertz CT molecular complexity index is 57.7. The van der Waals surface area contributed by atoms with Crippen LogP contribution in [0.1, 0.15) is 19.8 Å². The third-order valence-electron chi connectivity index (χ3n) is 1.33. The number of rotatable bonds is 0. The molecule has 9 heavy (non-hydrogen) atoms. The summed E-state index contributed by atoms with van der Waals surface area (Å²) in [6.45, 7) is 5.04. The summed E-state index contributed by atoms with van der Waals surface area (Å²) < 4.78 is 9.65. The maximum absolute atomic E-state index is 4.94. The molecule has 0 saturated carbocycles. The number of ether oxygens (including phenoxy) is 2. The quantitative estimate of drug-likeness (QED) is 0.460. The Labute approximate surface area is 56.2 Å². The average Bonchev–Trinajstić information content (AvgIpc) is 2.52. The van der Waals surface area contributed by atoms with Crippen LogP contribution in [0.15, 0.2) is 0 Å². The highest BCUT2D eigenvalue weighted by atomic mass is 16.6. The molecule has 0 aromatic carbocycles. The van der Waals surface area contributed by atoms with Crippen LogP contribution in [-0.4, -0.2) is 25.9 Å². The monoisotopic (exact) mass is 130 g/mol. The second kappa shape index (κ2) is 3.85. The van der Waals surface area contributed by atoms with Crippen molar-refractivity contribution in [2.45, 2.75) is 25.9 Å². The largest absolute Gasteiger partial charge is 0.381 e. The van der Waals surface area contributed by atoms with Crippen molar-refractivity contribution in [1.82, 2.24) is 0 Å². The van der Waals surface area contributed by atoms with Crippen LogP contribution < -0.4 is 0 Å². The summed E-state index contributed by atoms with van der Waals surface area (Å²) in [6.07, 6.45) is 3.14. The lowest BCUT2D eigenvalue weighted by Crippen LogP contribution is -1.74. The molecule has 2 fully saturated rings. The van der Waals surface area contributed by atoms with Gasteiger partial charge in [-0.1, -0.05) is 0 Å². The van der Waals surface area contributed by atoms with Gasteiger partial charge in [0.15, 0.2) is 0 Å². The molecule has 0 amide bonds. The van der Waals surface area contributed by atoms with Gasteiger partial charge >= 0.3 is 0 Å². The predicted octanol–water partition coefficient (Wildman–Crippen LogP) is 1.20. The van der Waals surface area contributed by atoms with Gasteiger partial charge in [0, 0.05) is 13.2 Å². The molecule has 2 heteroatoms. The fraction of sp³-hybridized carbons (Fsp3) is 1.00. The molecular weight excluding hydrogens is 116 g/mol. The summed E-state index contributed by atoms with van der Waals surface area (Å²) in [6, 6.07) is 0. The first kappa shape index (κ1) is 7.03. The van der Waals surface area contributed by atoms with Crippen LogP contribution in [0.5, 0.6) is 0 Å². The number of hydrogen-bond donors (Lipinski definition) is 0. The summed E-state index contributed by atoms with van der Waals surface area (Å²) in [4.78, 5) is 0. The Morgan fingerprint density at radius 3 is 1.78 bits per heavy atom. The van der Waals surface area contributed by atoms with Crippen molar-refractivity contribution in [3.8, 4) is 0 Å². The maximum Gasteiger partial charge on any atom is 0.0781 e. The minimum absolute atomic E-state index is 0.583. The molecule has 2 aliphatic heterocycles. The summed E-state index contributed by atoms with van der Waals surface area (Å²) in [5, 5.41) is 0. The van der Waals surface area contributed by atoms with E-state index in [2.05, 4.69) is 6.92 Å². The standard InChI is InChI=1S/C4H8O.C3H6O/c1-2-4-5-3-1;1-3-2-4-3/h1-4H2;3H,2H2,1H3. The van der Waals surface area contributed by atoms with E-state index in [9.17, 15) is 0 Å². The zero-order valence-corrected chi connectivity index (χ0v) is 5.93. The lowest BCUT2D eigenvalue weighted by molar-refractivity contribution is 0.198. The van der Waals surface area contributed by atoms with E-state index in [0.29, 0.717) is 6.10 Å². The smallest absolute Gasteiger partial charge is 0.0781 e. The van der Waals surface area contributed by atoms with Crippen LogP contribution in [0.25, 0.3) is 0 Å². The Morgan fingerprint density at radius 2 is 1.67 bits per heavy atom. The molecule has 2 aliphatic rings. The van der Waals surface area contributed by atoms with Crippen LogP contribution in [0.2, 0.25) is 0 Å². The molecule has 2 nitrogen and oxygen atoms in total. The molecular formula is C7H14O2. The van der Waals surface area contributed by atoms with Crippen molar-refractivity contribution in [2.24, 2.45) is 0 Å². The van der Waals surface area contributed by atoms with Crippen molar-refractivity contribution in [1.29, 1.82) is 0 Å². The van der Waals surface area contributed by atoms with Crippen molar-refractivity contribution in [2.75, 3.05) is 19.8 Å². The highest BCUT2D eigenvalue weighted by molar-refractivity contribution is 4.58. The normalized spacial score (nSPS) is 31.0. The third kappa shape index (κ3) is 4.43. The van der Waals surface area contributed by atoms with Gasteiger partial charge in [-0.2, -0.15) is 0 Å². The Hall–Kier alpha value is -0.0800. The second-order valence-corrected chi connectivity index (χ2v) is 2.46. The summed E-state index contributed by atoms with van der Waals surface area (Å²) >= 11 is 0. The van der Waals surface area contributed by atoms with Crippen molar-refractivity contribution in [3.63, 3.8) is 0 Å². The van der Waals surface area contributed by atoms with Crippen molar-refractivity contribution < 1.29 is 9.47 Å². The van der Waals surface area contributed by atoms with Gasteiger partial charge in [0.25, 0.3) is 0 Å². The van der Waals surface area contributed by atoms with E-state index in [1.54, 1.807) is 0 Å². The molecule has 0 N–H and O–H groups in total. The molecule has 0 radical (unpaired) electrons. The molecule has 0 aromatic rings. The van der Waals surface area contributed by atoms with Gasteiger partial charge in [0.05, 0.1) is 12.7 Å². The number of hydrogen-bond acceptors (Lipinski definition) is 2. The minimum atomic E-state index is 0.583. The van der Waals surface area contributed by atoms with Gasteiger partial charge in [-0.3, -0.25) is 0 Å². The molecule has 0 aromatic heterocycles. The topological polar surface area (TPSA) is 21.8 Å². The molecule has 0 bridgehead atoms. The highest BCUT2D eigenvalue weighted by Crippen LogP contribution is 2.04. The maximum atomic E-state index is 4.94. The summed E-state index contributed by atoms with van der Waals surface area (Å²) in [5.41, 5.74) is 0. The molecule has 54 valence electrons. The molecule has 0 spiro atoms. The Balaban J connectivity index is 0.0000000922. The summed E-state index contributed by atoms with van der Waals surface area (Å²) in [5.74, 6) is 0. The van der Waals surface area contributed by atoms with E-state index < -0.39 is 0 Å². The van der Waals surface area contributed by atoms with E-state index in [-0.39, 0.29) is 0 Å². The zero-order chi connectivity index (χ0) is 6.53. The van der Waals surface area contributed by atoms with Crippen LogP contribution in [-0.2, 0) is 9.47 Å². The van der Waals surface area contributed by atoms with Crippen LogP contribution in [0.3, 0.4) is 0 Å². The van der Waals surface area contributed by atoms with Crippen molar-refractivity contribution >= 4 is 0 Å². The lowest BCUT2D eigenvalue weighted by atomic mass is 10.4. The molecule has 2 saturated heterocycles. The zero-order valence-electron chi connectivity index (χ0n) is 5.93. The average molecular weight is 130 g/mol.